The van der Waals surface area contributed by atoms with Crippen molar-refractivity contribution >= 4 is 56.7 Å². The largest absolute Gasteiger partial charge is 0.488 e. The highest BCUT2D eigenvalue weighted by molar-refractivity contribution is 7.30. The van der Waals surface area contributed by atoms with Gasteiger partial charge in [-0.1, -0.05) is 52.4 Å². The van der Waals surface area contributed by atoms with Gasteiger partial charge in [0, 0.05) is 39.0 Å². The monoisotopic (exact) mass is 640 g/mol. The molecule has 0 amide bonds. The van der Waals surface area contributed by atoms with E-state index in [4.69, 9.17) is 9.47 Å². The van der Waals surface area contributed by atoms with Crippen LogP contribution in [0.1, 0.15) is 75.0 Å². The van der Waals surface area contributed by atoms with Gasteiger partial charge in [0.25, 0.3) is 0 Å². The number of hydrogen-bond acceptors (Lipinski definition) is 7. The Balaban J connectivity index is 1.52. The molecule has 0 aliphatic rings. The number of hydrogen-bond donors (Lipinski definition) is 0. The average molecular weight is 641 g/mol. The Morgan fingerprint density at radius 3 is 1.22 bits per heavy atom. The van der Waals surface area contributed by atoms with Crippen LogP contribution in [0, 0.1) is 13.8 Å². The molecule has 0 aromatic carbocycles. The molecule has 0 spiro atoms. The molecule has 0 atom stereocenters. The van der Waals surface area contributed by atoms with Crippen molar-refractivity contribution in [1.82, 2.24) is 0 Å². The third-order valence-corrected chi connectivity index (χ3v) is 13.0. The second kappa shape index (κ2) is 15.0. The van der Waals surface area contributed by atoms with E-state index in [9.17, 15) is 0 Å². The van der Waals surface area contributed by atoms with Gasteiger partial charge in [-0.05, 0) is 75.2 Å². The predicted molar refractivity (Wildman–Crippen MR) is 186 cm³/mol. The Kier molecular flexibility index (Phi) is 11.2. The SMILES string of the molecule is CCCCCCOc1c(-c2ccc(-c3ccc(C)s3)s2)sc(-c2ccc(-c3ccc(C)s3)s2)c1OCCCCCC. The summed E-state index contributed by atoms with van der Waals surface area (Å²) in [6, 6.07) is 18.0. The Bertz CT molecular complexity index is 1400. The van der Waals surface area contributed by atoms with Crippen molar-refractivity contribution in [1.29, 1.82) is 0 Å². The van der Waals surface area contributed by atoms with Crippen molar-refractivity contribution < 1.29 is 9.47 Å². The number of unbranched alkanes of at least 4 members (excludes halogenated alkanes) is 6. The molecular weight excluding hydrogens is 601 g/mol. The van der Waals surface area contributed by atoms with E-state index in [-0.39, 0.29) is 0 Å². The van der Waals surface area contributed by atoms with Gasteiger partial charge >= 0.3 is 0 Å². The molecule has 0 fully saturated rings. The lowest BCUT2D eigenvalue weighted by molar-refractivity contribution is 0.262. The van der Waals surface area contributed by atoms with Crippen molar-refractivity contribution in [3.63, 3.8) is 0 Å². The molecular formula is C34H40O2S5. The highest BCUT2D eigenvalue weighted by atomic mass is 32.1. The molecule has 0 N–H and O–H groups in total. The summed E-state index contributed by atoms with van der Waals surface area (Å²) in [6.07, 6.45) is 9.49. The number of aryl methyl sites for hydroxylation is 2. The number of rotatable bonds is 16. The molecule has 5 rings (SSSR count). The van der Waals surface area contributed by atoms with E-state index < -0.39 is 0 Å². The third-order valence-electron chi connectivity index (χ3n) is 6.94. The maximum absolute atomic E-state index is 6.66. The van der Waals surface area contributed by atoms with Crippen LogP contribution in [0.5, 0.6) is 11.5 Å². The van der Waals surface area contributed by atoms with E-state index in [0.29, 0.717) is 0 Å². The minimum Gasteiger partial charge on any atom is -0.488 e. The van der Waals surface area contributed by atoms with Gasteiger partial charge in [0.15, 0.2) is 11.5 Å². The van der Waals surface area contributed by atoms with E-state index in [2.05, 4.69) is 76.2 Å². The number of ether oxygens (including phenoxy) is 2. The van der Waals surface area contributed by atoms with Gasteiger partial charge in [0.05, 0.1) is 23.0 Å². The summed E-state index contributed by atoms with van der Waals surface area (Å²) >= 11 is 9.28. The summed E-state index contributed by atoms with van der Waals surface area (Å²) in [5, 5.41) is 0. The van der Waals surface area contributed by atoms with Gasteiger partial charge < -0.3 is 9.47 Å². The van der Waals surface area contributed by atoms with Gasteiger partial charge in [-0.2, -0.15) is 0 Å². The second-order valence-corrected chi connectivity index (χ2v) is 16.1. The minimum absolute atomic E-state index is 0.724. The van der Waals surface area contributed by atoms with E-state index in [0.717, 1.165) is 37.6 Å². The van der Waals surface area contributed by atoms with Crippen LogP contribution in [-0.4, -0.2) is 13.2 Å². The highest BCUT2D eigenvalue weighted by Crippen LogP contribution is 2.56. The predicted octanol–water partition coefficient (Wildman–Crippen LogP) is 13.2. The zero-order valence-corrected chi connectivity index (χ0v) is 28.6. The molecule has 7 heteroatoms. The molecule has 218 valence electrons. The maximum atomic E-state index is 6.66. The minimum atomic E-state index is 0.724. The summed E-state index contributed by atoms with van der Waals surface area (Å²) in [5.74, 6) is 1.88. The fourth-order valence-corrected chi connectivity index (χ4v) is 10.0. The molecule has 41 heavy (non-hydrogen) atoms. The molecule has 0 aliphatic heterocycles. The highest BCUT2D eigenvalue weighted by Gasteiger charge is 2.26. The lowest BCUT2D eigenvalue weighted by Gasteiger charge is -2.12. The van der Waals surface area contributed by atoms with Crippen LogP contribution in [-0.2, 0) is 0 Å². The van der Waals surface area contributed by atoms with Crippen molar-refractivity contribution in [3.8, 4) is 50.5 Å². The molecule has 5 heterocycles. The standard InChI is InChI=1S/C34H40O2S5/c1-5-7-9-11-21-35-31-32(36-22-12-10-8-6-2)34(30-20-18-28(40-30)26-16-14-24(4)38-26)41-33(31)29-19-17-27(39-29)25-15-13-23(3)37-25/h13-20H,5-12,21-22H2,1-4H3. The molecule has 0 bridgehead atoms. The fraction of sp³-hybridized carbons (Fsp3) is 0.412. The third kappa shape index (κ3) is 7.74. The first kappa shape index (κ1) is 30.6. The molecule has 0 saturated carbocycles. The van der Waals surface area contributed by atoms with E-state index >= 15 is 0 Å². The van der Waals surface area contributed by atoms with E-state index in [1.54, 1.807) is 0 Å². The van der Waals surface area contributed by atoms with Crippen molar-refractivity contribution in [2.75, 3.05) is 13.2 Å². The maximum Gasteiger partial charge on any atom is 0.181 e. The van der Waals surface area contributed by atoms with Gasteiger partial charge in [-0.15, -0.1) is 56.7 Å². The lowest BCUT2D eigenvalue weighted by Crippen LogP contribution is -2.02. The molecule has 0 radical (unpaired) electrons. The first-order valence-electron chi connectivity index (χ1n) is 14.8. The number of thiophene rings is 5. The topological polar surface area (TPSA) is 18.5 Å². The molecule has 5 aromatic rings. The summed E-state index contributed by atoms with van der Waals surface area (Å²) in [4.78, 5) is 12.9. The zero-order valence-electron chi connectivity index (χ0n) is 24.5. The van der Waals surface area contributed by atoms with Crippen LogP contribution >= 0.6 is 56.7 Å². The van der Waals surface area contributed by atoms with Crippen molar-refractivity contribution in [2.45, 2.75) is 79.1 Å². The Hall–Kier alpha value is -1.90. The van der Waals surface area contributed by atoms with Crippen LogP contribution in [0.4, 0.5) is 0 Å². The first-order valence-corrected chi connectivity index (χ1v) is 18.9. The van der Waals surface area contributed by atoms with Crippen LogP contribution in [0.25, 0.3) is 39.0 Å². The van der Waals surface area contributed by atoms with E-state index in [1.165, 1.54) is 87.3 Å². The smallest absolute Gasteiger partial charge is 0.181 e. The van der Waals surface area contributed by atoms with Crippen molar-refractivity contribution in [3.05, 3.63) is 58.3 Å². The van der Waals surface area contributed by atoms with Crippen LogP contribution in [0.3, 0.4) is 0 Å². The summed E-state index contributed by atoms with van der Waals surface area (Å²) < 4.78 is 13.3. The van der Waals surface area contributed by atoms with Gasteiger partial charge in [0.2, 0.25) is 0 Å². The lowest BCUT2D eigenvalue weighted by atomic mass is 10.2. The normalized spacial score (nSPS) is 11.4. The zero-order chi connectivity index (χ0) is 28.6. The van der Waals surface area contributed by atoms with Crippen LogP contribution < -0.4 is 9.47 Å². The van der Waals surface area contributed by atoms with Crippen LogP contribution in [0.15, 0.2) is 48.5 Å². The van der Waals surface area contributed by atoms with Gasteiger partial charge in [-0.3, -0.25) is 0 Å². The molecule has 0 unspecified atom stereocenters. The van der Waals surface area contributed by atoms with Crippen molar-refractivity contribution in [2.24, 2.45) is 0 Å². The van der Waals surface area contributed by atoms with E-state index in [1.807, 2.05) is 56.7 Å². The molecule has 0 saturated heterocycles. The fourth-order valence-electron chi connectivity index (χ4n) is 4.71. The summed E-state index contributed by atoms with van der Waals surface area (Å²) in [6.45, 7) is 10.3. The molecule has 0 aliphatic carbocycles. The van der Waals surface area contributed by atoms with Gasteiger partial charge in [-0.25, -0.2) is 0 Å². The molecule has 2 nitrogen and oxygen atoms in total. The average Bonchev–Trinajstić information content (AvgIpc) is 3.79. The Morgan fingerprint density at radius 1 is 0.439 bits per heavy atom. The summed E-state index contributed by atoms with van der Waals surface area (Å²) in [5.41, 5.74) is 0. The molecule has 5 aromatic heterocycles. The second-order valence-electron chi connectivity index (χ2n) is 10.4. The first-order chi connectivity index (χ1) is 20.1. The van der Waals surface area contributed by atoms with Gasteiger partial charge in [0.1, 0.15) is 0 Å². The summed E-state index contributed by atoms with van der Waals surface area (Å²) in [7, 11) is 0. The Labute approximate surface area is 265 Å². The quantitative estimate of drug-likeness (QED) is 0.0999. The van der Waals surface area contributed by atoms with Crippen LogP contribution in [0.2, 0.25) is 0 Å². The Morgan fingerprint density at radius 2 is 0.829 bits per heavy atom.